The van der Waals surface area contributed by atoms with Crippen LogP contribution < -0.4 is 11.2 Å². The van der Waals surface area contributed by atoms with Crippen LogP contribution in [-0.4, -0.2) is 32.4 Å². The Kier molecular flexibility index (Phi) is 6.06. The van der Waals surface area contributed by atoms with Gasteiger partial charge in [0.15, 0.2) is 0 Å². The van der Waals surface area contributed by atoms with Gasteiger partial charge in [-0.25, -0.2) is 10.5 Å². The fourth-order valence-corrected chi connectivity index (χ4v) is 3.95. The van der Waals surface area contributed by atoms with E-state index in [9.17, 15) is 9.90 Å². The molecule has 0 atom stereocenters. The summed E-state index contributed by atoms with van der Waals surface area (Å²) in [6.45, 7) is 0. The number of thioether (sulfide) groups is 1. The van der Waals surface area contributed by atoms with Gasteiger partial charge in [0.25, 0.3) is 5.91 Å². The molecule has 10 heteroatoms. The highest BCUT2D eigenvalue weighted by Gasteiger charge is 2.09. The van der Waals surface area contributed by atoms with Gasteiger partial charge in [-0.05, 0) is 34.5 Å². The van der Waals surface area contributed by atoms with Gasteiger partial charge in [-0.15, -0.1) is 5.10 Å². The van der Waals surface area contributed by atoms with E-state index in [1.54, 1.807) is 6.21 Å². The number of nitrogens with one attached hydrogen (secondary N) is 2. The Bertz CT molecular complexity index is 1290. The zero-order chi connectivity index (χ0) is 21.8. The van der Waals surface area contributed by atoms with E-state index in [-0.39, 0.29) is 16.7 Å². The summed E-state index contributed by atoms with van der Waals surface area (Å²) < 4.78 is 0. The lowest BCUT2D eigenvalue weighted by atomic mass is 10.0. The van der Waals surface area contributed by atoms with Gasteiger partial charge in [-0.1, -0.05) is 59.8 Å². The first-order valence-electron chi connectivity index (χ1n) is 9.14. The average Bonchev–Trinajstić information content (AvgIpc) is 3.20. The smallest absolute Gasteiger partial charge is 0.271 e. The van der Waals surface area contributed by atoms with Crippen molar-refractivity contribution in [2.75, 3.05) is 5.73 Å². The van der Waals surface area contributed by atoms with Crippen LogP contribution in [0.15, 0.2) is 64.9 Å². The number of hydrazone groups is 1. The maximum absolute atomic E-state index is 12.2. The molecule has 0 unspecified atom stereocenters. The molecule has 5 N–H and O–H groups in total. The zero-order valence-corrected chi connectivity index (χ0v) is 17.6. The Morgan fingerprint density at radius 1 is 1.23 bits per heavy atom. The van der Waals surface area contributed by atoms with Crippen molar-refractivity contribution in [3.05, 3.63) is 76.3 Å². The van der Waals surface area contributed by atoms with E-state index in [1.165, 1.54) is 30.0 Å². The molecule has 0 aliphatic rings. The second-order valence-corrected chi connectivity index (χ2v) is 7.87. The SMILES string of the molecule is Nc1nc(SCc2ccc(C=NNC(=O)c3ccc(O)c(Cl)c3)c3ccccc23)n[nH]1. The van der Waals surface area contributed by atoms with Crippen molar-refractivity contribution in [3.8, 4) is 5.75 Å². The number of carbonyl (C=O) groups excluding carboxylic acids is 1. The molecule has 0 bridgehead atoms. The Hall–Kier alpha value is -3.56. The molecule has 0 saturated carbocycles. The largest absolute Gasteiger partial charge is 0.506 e. The minimum Gasteiger partial charge on any atom is -0.506 e. The predicted octanol–water partition coefficient (Wildman–Crippen LogP) is 3.96. The summed E-state index contributed by atoms with van der Waals surface area (Å²) in [6.07, 6.45) is 1.59. The summed E-state index contributed by atoms with van der Waals surface area (Å²) in [7, 11) is 0. The monoisotopic (exact) mass is 452 g/mol. The van der Waals surface area contributed by atoms with Crippen molar-refractivity contribution < 1.29 is 9.90 Å². The molecule has 31 heavy (non-hydrogen) atoms. The highest BCUT2D eigenvalue weighted by Crippen LogP contribution is 2.27. The molecule has 1 amide bonds. The predicted molar refractivity (Wildman–Crippen MR) is 122 cm³/mol. The second kappa shape index (κ2) is 9.07. The molecule has 156 valence electrons. The highest BCUT2D eigenvalue weighted by atomic mass is 35.5. The van der Waals surface area contributed by atoms with Crippen LogP contribution in [0.25, 0.3) is 10.8 Å². The van der Waals surface area contributed by atoms with Crippen molar-refractivity contribution >= 4 is 52.2 Å². The minimum absolute atomic E-state index is 0.0852. The van der Waals surface area contributed by atoms with Crippen LogP contribution in [-0.2, 0) is 5.75 Å². The van der Waals surface area contributed by atoms with E-state index in [0.717, 1.165) is 21.9 Å². The molecule has 1 heterocycles. The quantitative estimate of drug-likeness (QED) is 0.199. The van der Waals surface area contributed by atoms with Crippen molar-refractivity contribution in [2.45, 2.75) is 10.9 Å². The molecule has 1 aromatic heterocycles. The first kappa shape index (κ1) is 20.7. The van der Waals surface area contributed by atoms with Crippen molar-refractivity contribution in [2.24, 2.45) is 5.10 Å². The van der Waals surface area contributed by atoms with Crippen LogP contribution in [0.3, 0.4) is 0 Å². The number of phenols is 1. The number of nitrogens with zero attached hydrogens (tertiary/aromatic N) is 3. The third-order valence-electron chi connectivity index (χ3n) is 4.47. The number of hydrogen-bond acceptors (Lipinski definition) is 7. The molecular formula is C21H17ClN6O2S. The number of aromatic hydroxyl groups is 1. The minimum atomic E-state index is -0.429. The number of aromatic nitrogens is 3. The van der Waals surface area contributed by atoms with Gasteiger partial charge in [0.2, 0.25) is 11.1 Å². The summed E-state index contributed by atoms with van der Waals surface area (Å²) in [5.41, 5.74) is 10.3. The third-order valence-corrected chi connectivity index (χ3v) is 5.67. The Morgan fingerprint density at radius 3 is 2.77 bits per heavy atom. The maximum atomic E-state index is 12.2. The van der Waals surface area contributed by atoms with E-state index >= 15 is 0 Å². The number of benzene rings is 3. The molecule has 0 fully saturated rings. The standard InChI is InChI=1S/C21H17ClN6O2S/c22-17-9-12(7-8-18(17)29)19(30)26-24-10-13-5-6-14(16-4-2-1-3-15(13)16)11-31-21-25-20(23)27-28-21/h1-10,29H,11H2,(H,26,30)(H3,23,25,27,28). The highest BCUT2D eigenvalue weighted by molar-refractivity contribution is 7.98. The number of hydrogen-bond donors (Lipinski definition) is 4. The van der Waals surface area contributed by atoms with Crippen LogP contribution >= 0.6 is 23.4 Å². The van der Waals surface area contributed by atoms with Crippen LogP contribution in [0.5, 0.6) is 5.75 Å². The summed E-state index contributed by atoms with van der Waals surface area (Å²) in [5.74, 6) is 0.447. The number of anilines is 1. The average molecular weight is 453 g/mol. The van der Waals surface area contributed by atoms with Crippen molar-refractivity contribution in [1.29, 1.82) is 0 Å². The number of amides is 1. The number of nitrogen functional groups attached to an aromatic ring is 1. The lowest BCUT2D eigenvalue weighted by Gasteiger charge is -2.08. The number of carbonyl (C=O) groups is 1. The van der Waals surface area contributed by atoms with E-state index in [1.807, 2.05) is 36.4 Å². The number of halogens is 1. The van der Waals surface area contributed by atoms with Gasteiger partial charge in [0, 0.05) is 16.9 Å². The van der Waals surface area contributed by atoms with Gasteiger partial charge in [-0.2, -0.15) is 10.1 Å². The number of rotatable bonds is 6. The number of aromatic amines is 1. The molecule has 3 aromatic carbocycles. The molecule has 4 aromatic rings. The van der Waals surface area contributed by atoms with Crippen molar-refractivity contribution in [1.82, 2.24) is 20.6 Å². The molecule has 0 aliphatic carbocycles. The van der Waals surface area contributed by atoms with Crippen LogP contribution in [0.4, 0.5) is 5.95 Å². The molecule has 4 rings (SSSR count). The lowest BCUT2D eigenvalue weighted by Crippen LogP contribution is -2.17. The zero-order valence-electron chi connectivity index (χ0n) is 16.0. The number of fused-ring (bicyclic) bond motifs is 1. The molecule has 0 aliphatic heterocycles. The Morgan fingerprint density at radius 2 is 2.03 bits per heavy atom. The third kappa shape index (κ3) is 4.79. The van der Waals surface area contributed by atoms with Crippen LogP contribution in [0, 0.1) is 0 Å². The maximum Gasteiger partial charge on any atom is 0.271 e. The van der Waals surface area contributed by atoms with Gasteiger partial charge >= 0.3 is 0 Å². The number of phenolic OH excluding ortho intramolecular Hbond substituents is 1. The van der Waals surface area contributed by atoms with Gasteiger partial charge in [0.1, 0.15) is 5.75 Å². The topological polar surface area (TPSA) is 129 Å². The molecular weight excluding hydrogens is 436 g/mol. The lowest BCUT2D eigenvalue weighted by molar-refractivity contribution is 0.0955. The first-order chi connectivity index (χ1) is 15.0. The molecule has 0 radical (unpaired) electrons. The van der Waals surface area contributed by atoms with Gasteiger partial charge in [-0.3, -0.25) is 4.79 Å². The van der Waals surface area contributed by atoms with Gasteiger partial charge in [0.05, 0.1) is 11.2 Å². The second-order valence-electron chi connectivity index (χ2n) is 6.52. The van der Waals surface area contributed by atoms with E-state index in [4.69, 9.17) is 17.3 Å². The van der Waals surface area contributed by atoms with E-state index < -0.39 is 5.91 Å². The van der Waals surface area contributed by atoms with Gasteiger partial charge < -0.3 is 10.8 Å². The molecule has 0 saturated heterocycles. The Balaban J connectivity index is 1.51. The van der Waals surface area contributed by atoms with Crippen LogP contribution in [0.1, 0.15) is 21.5 Å². The summed E-state index contributed by atoms with van der Waals surface area (Å²) in [4.78, 5) is 16.4. The summed E-state index contributed by atoms with van der Waals surface area (Å²) in [6, 6.07) is 16.1. The summed E-state index contributed by atoms with van der Waals surface area (Å²) in [5, 5.41) is 23.0. The van der Waals surface area contributed by atoms with Crippen LogP contribution in [0.2, 0.25) is 5.02 Å². The summed E-state index contributed by atoms with van der Waals surface area (Å²) >= 11 is 7.33. The van der Waals surface area contributed by atoms with E-state index in [0.29, 0.717) is 16.5 Å². The number of nitrogens with two attached hydrogens (primary N) is 1. The fraction of sp³-hybridized carbons (Fsp3) is 0.0476. The van der Waals surface area contributed by atoms with E-state index in [2.05, 4.69) is 25.7 Å². The molecule has 8 nitrogen and oxygen atoms in total. The first-order valence-corrected chi connectivity index (χ1v) is 10.5. The normalized spacial score (nSPS) is 11.3. The fourth-order valence-electron chi connectivity index (χ4n) is 2.96. The van der Waals surface area contributed by atoms with Crippen molar-refractivity contribution in [3.63, 3.8) is 0 Å². The Labute approximate surface area is 186 Å². The number of H-pyrrole nitrogens is 1. The molecule has 0 spiro atoms.